The van der Waals surface area contributed by atoms with Crippen LogP contribution in [0.1, 0.15) is 37.4 Å². The van der Waals surface area contributed by atoms with Crippen molar-refractivity contribution in [3.63, 3.8) is 0 Å². The first-order valence-corrected chi connectivity index (χ1v) is 9.70. The van der Waals surface area contributed by atoms with Crippen LogP contribution in [0.4, 0.5) is 4.39 Å². The first-order valence-electron chi connectivity index (χ1n) is 8.54. The summed E-state index contributed by atoms with van der Waals surface area (Å²) in [4.78, 5) is 30.5. The molecule has 1 amide bonds. The van der Waals surface area contributed by atoms with Gasteiger partial charge < -0.3 is 25.4 Å². The zero-order valence-electron chi connectivity index (χ0n) is 14.4. The number of benzene rings is 2. The Balaban J connectivity index is 2.14. The van der Waals surface area contributed by atoms with Gasteiger partial charge in [-0.1, -0.05) is 43.2 Å². The monoisotopic (exact) mass is 382 g/mol. The van der Waals surface area contributed by atoms with Crippen molar-refractivity contribution in [3.8, 4) is 5.75 Å². The highest BCUT2D eigenvalue weighted by atomic mass is 31.2. The molecule has 142 valence electrons. The third-order valence-corrected chi connectivity index (χ3v) is 4.38. The third kappa shape index (κ3) is 5.61. The maximum absolute atomic E-state index is 14.9. The van der Waals surface area contributed by atoms with Crippen molar-refractivity contribution in [2.45, 2.75) is 31.9 Å². The predicted molar refractivity (Wildman–Crippen MR) is 100 cm³/mol. The molecule has 0 bridgehead atoms. The molecule has 0 aromatic heterocycles. The van der Waals surface area contributed by atoms with Crippen LogP contribution in [0.5, 0.6) is 5.75 Å². The van der Waals surface area contributed by atoms with Gasteiger partial charge >= 0.3 is 8.60 Å². The van der Waals surface area contributed by atoms with Crippen LogP contribution < -0.4 is 15.6 Å². The Kier molecular flexibility index (Phi) is 8.19. The minimum Gasteiger partial charge on any atom is -0.427 e. The standard InChI is InChI=1S/C18H24FN2O4P/c19-17(18(22)21-12-6-2-1-5-11-20)16-14-8-4-3-7-13(14)9-10-15(16)25-26(23)24/h3-4,7-10,17,23-24H,1-2,5-6,11-12,20H2,(H,21,22). The molecule has 0 saturated carbocycles. The lowest BCUT2D eigenvalue weighted by molar-refractivity contribution is -0.126. The van der Waals surface area contributed by atoms with Crippen molar-refractivity contribution < 1.29 is 23.5 Å². The molecule has 2 rings (SSSR count). The van der Waals surface area contributed by atoms with Gasteiger partial charge in [-0.15, -0.1) is 0 Å². The highest BCUT2D eigenvalue weighted by molar-refractivity contribution is 7.39. The van der Waals surface area contributed by atoms with E-state index in [9.17, 15) is 9.18 Å². The molecule has 0 aliphatic rings. The number of halogens is 1. The van der Waals surface area contributed by atoms with Crippen LogP contribution in [-0.2, 0) is 4.79 Å². The smallest absolute Gasteiger partial charge is 0.391 e. The van der Waals surface area contributed by atoms with E-state index in [-0.39, 0.29) is 11.3 Å². The highest BCUT2D eigenvalue weighted by Gasteiger charge is 2.26. The Morgan fingerprint density at radius 3 is 2.62 bits per heavy atom. The number of unbranched alkanes of at least 4 members (excludes halogenated alkanes) is 3. The zero-order valence-corrected chi connectivity index (χ0v) is 15.3. The second-order valence-corrected chi connectivity index (χ2v) is 6.59. The molecule has 0 spiro atoms. The summed E-state index contributed by atoms with van der Waals surface area (Å²) in [6.07, 6.45) is 1.59. The van der Waals surface area contributed by atoms with Crippen molar-refractivity contribution >= 4 is 25.3 Å². The molecule has 6 nitrogen and oxygen atoms in total. The largest absolute Gasteiger partial charge is 0.427 e. The van der Waals surface area contributed by atoms with E-state index in [1.807, 2.05) is 0 Å². The van der Waals surface area contributed by atoms with E-state index in [1.165, 1.54) is 6.07 Å². The fourth-order valence-corrected chi connectivity index (χ4v) is 3.09. The highest BCUT2D eigenvalue weighted by Crippen LogP contribution is 2.40. The molecule has 1 unspecified atom stereocenters. The van der Waals surface area contributed by atoms with Gasteiger partial charge in [-0.2, -0.15) is 0 Å². The third-order valence-electron chi connectivity index (χ3n) is 4.02. The normalized spacial score (nSPS) is 12.3. The summed E-state index contributed by atoms with van der Waals surface area (Å²) < 4.78 is 19.9. The van der Waals surface area contributed by atoms with E-state index >= 15 is 0 Å². The lowest BCUT2D eigenvalue weighted by atomic mass is 9.99. The first-order chi connectivity index (χ1) is 12.5. The molecule has 0 radical (unpaired) electrons. The second kappa shape index (κ2) is 10.4. The molecule has 0 aliphatic carbocycles. The molecular weight excluding hydrogens is 358 g/mol. The van der Waals surface area contributed by atoms with E-state index in [1.54, 1.807) is 30.3 Å². The van der Waals surface area contributed by atoms with E-state index in [2.05, 4.69) is 5.32 Å². The van der Waals surface area contributed by atoms with Gasteiger partial charge in [0.05, 0.1) is 0 Å². The maximum Gasteiger partial charge on any atom is 0.391 e. The van der Waals surface area contributed by atoms with Gasteiger partial charge in [0.1, 0.15) is 5.75 Å². The number of hydrogen-bond acceptors (Lipinski definition) is 5. The van der Waals surface area contributed by atoms with Gasteiger partial charge in [-0.05, 0) is 36.2 Å². The summed E-state index contributed by atoms with van der Waals surface area (Å²) in [6.45, 7) is 1.01. The number of nitrogens with two attached hydrogens (primary N) is 1. The summed E-state index contributed by atoms with van der Waals surface area (Å²) in [5.41, 5.74) is 5.42. The Bertz CT molecular complexity index is 729. The SMILES string of the molecule is NCCCCCCNC(=O)C(F)c1c(OP(O)O)ccc2ccccc12. The molecule has 1 atom stereocenters. The van der Waals surface area contributed by atoms with Crippen molar-refractivity contribution in [2.75, 3.05) is 13.1 Å². The summed E-state index contributed by atoms with van der Waals surface area (Å²) >= 11 is 0. The number of hydrogen-bond donors (Lipinski definition) is 4. The van der Waals surface area contributed by atoms with Crippen LogP contribution in [0.25, 0.3) is 10.8 Å². The van der Waals surface area contributed by atoms with Crippen molar-refractivity contribution in [1.82, 2.24) is 5.32 Å². The van der Waals surface area contributed by atoms with Crippen molar-refractivity contribution in [2.24, 2.45) is 5.73 Å². The summed E-state index contributed by atoms with van der Waals surface area (Å²) in [5, 5.41) is 3.80. The molecule has 8 heteroatoms. The topological polar surface area (TPSA) is 105 Å². The molecule has 0 fully saturated rings. The van der Waals surface area contributed by atoms with Gasteiger partial charge in [0.2, 0.25) is 6.17 Å². The number of nitrogens with one attached hydrogen (secondary N) is 1. The molecule has 5 N–H and O–H groups in total. The van der Waals surface area contributed by atoms with Crippen molar-refractivity contribution in [3.05, 3.63) is 42.0 Å². The van der Waals surface area contributed by atoms with E-state index < -0.39 is 20.7 Å². The molecule has 0 saturated heterocycles. The predicted octanol–water partition coefficient (Wildman–Crippen LogP) is 3.08. The van der Waals surface area contributed by atoms with Gasteiger partial charge in [-0.25, -0.2) is 4.39 Å². The van der Waals surface area contributed by atoms with Crippen molar-refractivity contribution in [1.29, 1.82) is 0 Å². The average molecular weight is 382 g/mol. The quantitative estimate of drug-likeness (QED) is 0.373. The minimum absolute atomic E-state index is 0.000619. The molecule has 0 heterocycles. The number of rotatable bonds is 10. The van der Waals surface area contributed by atoms with Crippen LogP contribution in [0, 0.1) is 0 Å². The van der Waals surface area contributed by atoms with Gasteiger partial charge in [0.25, 0.3) is 5.91 Å². The summed E-state index contributed by atoms with van der Waals surface area (Å²) in [5.74, 6) is -0.823. The average Bonchev–Trinajstić information content (AvgIpc) is 2.63. The number of alkyl halides is 1. The fraction of sp³-hybridized carbons (Fsp3) is 0.389. The molecular formula is C18H24FN2O4P. The second-order valence-electron chi connectivity index (χ2n) is 5.90. The number of carbonyl (C=O) groups excluding carboxylic acids is 1. The van der Waals surface area contributed by atoms with Crippen LogP contribution in [-0.4, -0.2) is 28.8 Å². The van der Waals surface area contributed by atoms with Gasteiger partial charge in [0.15, 0.2) is 0 Å². The lowest BCUT2D eigenvalue weighted by Gasteiger charge is -2.17. The van der Waals surface area contributed by atoms with Crippen LogP contribution in [0.2, 0.25) is 0 Å². The fourth-order valence-electron chi connectivity index (χ4n) is 2.76. The maximum atomic E-state index is 14.9. The van der Waals surface area contributed by atoms with E-state index in [4.69, 9.17) is 20.0 Å². The molecule has 2 aromatic carbocycles. The summed E-state index contributed by atoms with van der Waals surface area (Å²) in [7, 11) is -2.72. The molecule has 2 aromatic rings. The summed E-state index contributed by atoms with van der Waals surface area (Å²) in [6, 6.07) is 10.1. The molecule has 0 aliphatic heterocycles. The first kappa shape index (κ1) is 20.5. The Morgan fingerprint density at radius 2 is 1.88 bits per heavy atom. The van der Waals surface area contributed by atoms with Crippen LogP contribution in [0.3, 0.4) is 0 Å². The lowest BCUT2D eigenvalue weighted by Crippen LogP contribution is -2.28. The van der Waals surface area contributed by atoms with Gasteiger partial charge in [0, 0.05) is 12.1 Å². The number of amides is 1. The van der Waals surface area contributed by atoms with E-state index in [0.29, 0.717) is 18.5 Å². The van der Waals surface area contributed by atoms with Crippen LogP contribution in [0.15, 0.2) is 36.4 Å². The Morgan fingerprint density at radius 1 is 1.15 bits per heavy atom. The van der Waals surface area contributed by atoms with Gasteiger partial charge in [-0.3, -0.25) is 4.79 Å². The number of fused-ring (bicyclic) bond motifs is 1. The zero-order chi connectivity index (χ0) is 18.9. The molecule has 26 heavy (non-hydrogen) atoms. The number of carbonyl (C=O) groups is 1. The minimum atomic E-state index is -2.72. The Hall–Kier alpha value is -1.79. The van der Waals surface area contributed by atoms with E-state index in [0.717, 1.165) is 31.1 Å². The van der Waals surface area contributed by atoms with Crippen LogP contribution >= 0.6 is 8.60 Å². The Labute approximate surface area is 153 Å².